The Morgan fingerprint density at radius 3 is 2.40 bits per heavy atom. The number of rotatable bonds is 2. The van der Waals surface area contributed by atoms with Gasteiger partial charge in [-0.15, -0.1) is 0 Å². The van der Waals surface area contributed by atoms with E-state index in [2.05, 4.69) is 9.19 Å². The molecule has 1 aromatic carbocycles. The minimum atomic E-state index is -1.08. The van der Waals surface area contributed by atoms with E-state index >= 15 is 0 Å². The quantitative estimate of drug-likeness (QED) is 0.782. The van der Waals surface area contributed by atoms with Crippen LogP contribution in [0.2, 0.25) is 0 Å². The summed E-state index contributed by atoms with van der Waals surface area (Å²) in [7, 11) is -1.08. The van der Waals surface area contributed by atoms with E-state index in [1.54, 1.807) is 0 Å². The van der Waals surface area contributed by atoms with Gasteiger partial charge >= 0.3 is 97.0 Å². The van der Waals surface area contributed by atoms with Crippen molar-refractivity contribution in [3.8, 4) is 0 Å². The zero-order valence-corrected chi connectivity index (χ0v) is 11.0. The maximum atomic E-state index is 12.1. The molecule has 0 spiro atoms. The van der Waals surface area contributed by atoms with E-state index in [0.717, 1.165) is 14.4 Å². The number of hydrogen-bond acceptors (Lipinski definition) is 3. The molecule has 3 nitrogen and oxygen atoms in total. The third kappa shape index (κ3) is 2.25. The first-order chi connectivity index (χ1) is 7.18. The van der Waals surface area contributed by atoms with E-state index in [-0.39, 0.29) is 14.7 Å². The van der Waals surface area contributed by atoms with Crippen molar-refractivity contribution in [1.82, 2.24) is 9.19 Å². The van der Waals surface area contributed by atoms with Crippen molar-refractivity contribution in [3.63, 3.8) is 0 Å². The fourth-order valence-corrected chi connectivity index (χ4v) is 4.20. The Morgan fingerprint density at radius 2 is 1.87 bits per heavy atom. The molecular formula is C10H10N2OSSe. The average Bonchev–Trinajstić information content (AvgIpc) is 2.65. The van der Waals surface area contributed by atoms with Gasteiger partial charge in [0, 0.05) is 0 Å². The monoisotopic (exact) mass is 286 g/mol. The van der Waals surface area contributed by atoms with Gasteiger partial charge in [0.2, 0.25) is 0 Å². The predicted molar refractivity (Wildman–Crippen MR) is 59.6 cm³/mol. The van der Waals surface area contributed by atoms with E-state index in [1.165, 1.54) is 5.56 Å². The molecule has 1 atom stereocenters. The molecule has 1 aromatic heterocycles. The molecule has 78 valence electrons. The molecule has 0 saturated heterocycles. The molecule has 15 heavy (non-hydrogen) atoms. The van der Waals surface area contributed by atoms with Gasteiger partial charge in [0.05, 0.1) is 0 Å². The van der Waals surface area contributed by atoms with Crippen LogP contribution >= 0.6 is 0 Å². The number of benzene rings is 1. The maximum absolute atomic E-state index is 12.1. The SMILES string of the molecule is Cc1ccc(S(=O)c2[se]nnc2C)cc1. The molecule has 2 aromatic rings. The first-order valence-electron chi connectivity index (χ1n) is 4.46. The Bertz CT molecular complexity index is 492. The molecule has 0 saturated carbocycles. The minimum absolute atomic E-state index is 0.0835. The molecule has 0 aliphatic carbocycles. The molecule has 0 fully saturated rings. The van der Waals surface area contributed by atoms with Gasteiger partial charge in [0.25, 0.3) is 0 Å². The van der Waals surface area contributed by atoms with Gasteiger partial charge in [-0.2, -0.15) is 0 Å². The van der Waals surface area contributed by atoms with E-state index < -0.39 is 10.8 Å². The molecule has 1 heterocycles. The Hall–Kier alpha value is -0.771. The molecule has 5 heteroatoms. The van der Waals surface area contributed by atoms with Crippen LogP contribution in [0.5, 0.6) is 0 Å². The fraction of sp³-hybridized carbons (Fsp3) is 0.200. The van der Waals surface area contributed by atoms with Gasteiger partial charge in [-0.05, 0) is 0 Å². The van der Waals surface area contributed by atoms with Crippen molar-refractivity contribution >= 4 is 25.5 Å². The third-order valence-corrected chi connectivity index (χ3v) is 6.00. The van der Waals surface area contributed by atoms with Gasteiger partial charge in [0.1, 0.15) is 0 Å². The van der Waals surface area contributed by atoms with Crippen LogP contribution in [-0.2, 0) is 10.8 Å². The van der Waals surface area contributed by atoms with Crippen molar-refractivity contribution in [1.29, 1.82) is 0 Å². The first kappa shape index (κ1) is 10.7. The summed E-state index contributed by atoms with van der Waals surface area (Å²) in [4.78, 5) is 0.837. The summed E-state index contributed by atoms with van der Waals surface area (Å²) in [6.45, 7) is 3.88. The summed E-state index contributed by atoms with van der Waals surface area (Å²) < 4.78 is 16.9. The van der Waals surface area contributed by atoms with E-state index in [4.69, 9.17) is 0 Å². The molecular weight excluding hydrogens is 275 g/mol. The summed E-state index contributed by atoms with van der Waals surface area (Å²) in [5.74, 6) is 0. The second-order valence-corrected chi connectivity index (χ2v) is 6.81. The second kappa shape index (κ2) is 4.39. The van der Waals surface area contributed by atoms with E-state index in [0.29, 0.717) is 0 Å². The topological polar surface area (TPSA) is 42.9 Å². The Labute approximate surface area is 97.0 Å². The van der Waals surface area contributed by atoms with Gasteiger partial charge < -0.3 is 0 Å². The first-order valence-corrected chi connectivity index (χ1v) is 7.23. The summed E-state index contributed by atoms with van der Waals surface area (Å²) in [5.41, 5.74) is 1.99. The normalized spacial score (nSPS) is 12.7. The Balaban J connectivity index is 2.37. The van der Waals surface area contributed by atoms with Crippen LogP contribution in [0.3, 0.4) is 0 Å². The number of aromatic nitrogens is 2. The van der Waals surface area contributed by atoms with Crippen LogP contribution in [-0.4, -0.2) is 28.1 Å². The van der Waals surface area contributed by atoms with Gasteiger partial charge in [-0.1, -0.05) is 0 Å². The predicted octanol–water partition coefficient (Wildman–Crippen LogP) is 1.32. The fourth-order valence-electron chi connectivity index (χ4n) is 1.16. The zero-order chi connectivity index (χ0) is 10.8. The summed E-state index contributed by atoms with van der Waals surface area (Å²) in [5, 5.41) is 3.92. The van der Waals surface area contributed by atoms with Gasteiger partial charge in [-0.3, -0.25) is 0 Å². The van der Waals surface area contributed by atoms with Crippen molar-refractivity contribution in [2.75, 3.05) is 0 Å². The van der Waals surface area contributed by atoms with E-state index in [9.17, 15) is 4.21 Å². The molecule has 0 bridgehead atoms. The summed E-state index contributed by atoms with van der Waals surface area (Å²) in [6.07, 6.45) is 0. The van der Waals surface area contributed by atoms with Crippen molar-refractivity contribution in [3.05, 3.63) is 35.5 Å². The number of hydrogen-bond donors (Lipinski definition) is 0. The van der Waals surface area contributed by atoms with Crippen LogP contribution in [0.15, 0.2) is 32.9 Å². The molecule has 0 aliphatic heterocycles. The van der Waals surface area contributed by atoms with Crippen LogP contribution in [0, 0.1) is 13.8 Å². The van der Waals surface area contributed by atoms with Crippen LogP contribution in [0.25, 0.3) is 0 Å². The molecule has 1 unspecified atom stereocenters. The molecule has 0 amide bonds. The third-order valence-electron chi connectivity index (χ3n) is 2.01. The van der Waals surface area contributed by atoms with Gasteiger partial charge in [-0.25, -0.2) is 0 Å². The summed E-state index contributed by atoms with van der Waals surface area (Å²) >= 11 is -0.0835. The average molecular weight is 285 g/mol. The van der Waals surface area contributed by atoms with Crippen LogP contribution < -0.4 is 0 Å². The molecule has 0 N–H and O–H groups in total. The number of aryl methyl sites for hydroxylation is 2. The van der Waals surface area contributed by atoms with Crippen molar-refractivity contribution in [2.45, 2.75) is 22.5 Å². The second-order valence-electron chi connectivity index (χ2n) is 3.23. The van der Waals surface area contributed by atoms with Crippen molar-refractivity contribution < 1.29 is 4.21 Å². The van der Waals surface area contributed by atoms with Crippen LogP contribution in [0.1, 0.15) is 11.3 Å². The Kier molecular flexibility index (Phi) is 3.14. The zero-order valence-electron chi connectivity index (χ0n) is 8.43. The van der Waals surface area contributed by atoms with Gasteiger partial charge in [0.15, 0.2) is 0 Å². The molecule has 0 radical (unpaired) electrons. The standard InChI is InChI=1S/C10H10N2OSSe/c1-7-3-5-9(6-4-7)14(13)10-8(2)11-12-15-10/h3-6H,1-2H3. The van der Waals surface area contributed by atoms with Crippen LogP contribution in [0.4, 0.5) is 0 Å². The summed E-state index contributed by atoms with van der Waals surface area (Å²) in [6, 6.07) is 7.75. The van der Waals surface area contributed by atoms with E-state index in [1.807, 2.05) is 38.1 Å². The Morgan fingerprint density at radius 1 is 1.20 bits per heavy atom. The van der Waals surface area contributed by atoms with Crippen molar-refractivity contribution in [2.24, 2.45) is 0 Å². The number of nitrogens with zero attached hydrogens (tertiary/aromatic N) is 2. The molecule has 2 rings (SSSR count). The molecule has 0 aliphatic rings.